The van der Waals surface area contributed by atoms with Crippen LogP contribution in [-0.2, 0) is 16.0 Å². The topological polar surface area (TPSA) is 59.5 Å². The highest BCUT2D eigenvalue weighted by molar-refractivity contribution is 7.21. The lowest BCUT2D eigenvalue weighted by molar-refractivity contribution is -0.121. The maximum Gasteiger partial charge on any atom is 0.339 e. The molecule has 6 heteroatoms. The van der Waals surface area contributed by atoms with E-state index >= 15 is 0 Å². The molecule has 0 bridgehead atoms. The van der Waals surface area contributed by atoms with Crippen molar-refractivity contribution in [3.05, 3.63) is 83.9 Å². The second-order valence-corrected chi connectivity index (χ2v) is 8.42. The Hall–Kier alpha value is -3.51. The summed E-state index contributed by atoms with van der Waals surface area (Å²) in [6.07, 6.45) is 1.85. The summed E-state index contributed by atoms with van der Waals surface area (Å²) in [4.78, 5) is 32.0. The first-order chi connectivity index (χ1) is 15.2. The fraction of sp³-hybridized carbons (Fsp3) is 0.160. The number of hydrogen-bond acceptors (Lipinski definition) is 5. The SMILES string of the molecule is O=C(OCC(=O)N1CCCc2ccccc21)c1ccccc1-c1nc2ccccc2s1. The van der Waals surface area contributed by atoms with E-state index in [0.29, 0.717) is 17.7 Å². The van der Waals surface area contributed by atoms with Gasteiger partial charge in [-0.25, -0.2) is 9.78 Å². The highest BCUT2D eigenvalue weighted by atomic mass is 32.1. The molecule has 0 spiro atoms. The number of benzene rings is 3. The number of carbonyl (C=O) groups excluding carboxylic acids is 2. The second-order valence-electron chi connectivity index (χ2n) is 7.39. The molecule has 5 rings (SSSR count). The number of esters is 1. The molecule has 0 aliphatic carbocycles. The number of fused-ring (bicyclic) bond motifs is 2. The van der Waals surface area contributed by atoms with Gasteiger partial charge in [0.15, 0.2) is 6.61 Å². The Labute approximate surface area is 183 Å². The normalized spacial score (nSPS) is 13.1. The van der Waals surface area contributed by atoms with Crippen LogP contribution in [0.15, 0.2) is 72.8 Å². The van der Waals surface area contributed by atoms with Gasteiger partial charge < -0.3 is 9.64 Å². The molecule has 0 fully saturated rings. The zero-order valence-corrected chi connectivity index (χ0v) is 17.6. The summed E-state index contributed by atoms with van der Waals surface area (Å²) in [6, 6.07) is 23.0. The lowest BCUT2D eigenvalue weighted by Gasteiger charge is -2.29. The van der Waals surface area contributed by atoms with Gasteiger partial charge in [0.2, 0.25) is 0 Å². The van der Waals surface area contributed by atoms with Crippen molar-refractivity contribution in [3.63, 3.8) is 0 Å². The summed E-state index contributed by atoms with van der Waals surface area (Å²) in [5.74, 6) is -0.730. The molecule has 154 valence electrons. The third-order valence-electron chi connectivity index (χ3n) is 5.41. The highest BCUT2D eigenvalue weighted by Crippen LogP contribution is 2.32. The average Bonchev–Trinajstić information content (AvgIpc) is 3.26. The lowest BCUT2D eigenvalue weighted by atomic mass is 10.0. The Morgan fingerprint density at radius 3 is 2.65 bits per heavy atom. The van der Waals surface area contributed by atoms with Gasteiger partial charge in [0.1, 0.15) is 5.01 Å². The van der Waals surface area contributed by atoms with Gasteiger partial charge in [-0.3, -0.25) is 4.79 Å². The first kappa shape index (κ1) is 19.5. The van der Waals surface area contributed by atoms with E-state index in [9.17, 15) is 9.59 Å². The van der Waals surface area contributed by atoms with Crippen LogP contribution in [0.4, 0.5) is 5.69 Å². The Morgan fingerprint density at radius 2 is 1.74 bits per heavy atom. The van der Waals surface area contributed by atoms with Crippen LogP contribution in [-0.4, -0.2) is 30.0 Å². The number of aryl methyl sites for hydroxylation is 1. The number of nitrogens with zero attached hydrogens (tertiary/aromatic N) is 2. The number of rotatable bonds is 4. The molecule has 0 atom stereocenters. The molecule has 4 aromatic rings. The van der Waals surface area contributed by atoms with Crippen LogP contribution in [0.1, 0.15) is 22.3 Å². The van der Waals surface area contributed by atoms with Crippen molar-refractivity contribution < 1.29 is 14.3 Å². The van der Waals surface area contributed by atoms with Crippen molar-refractivity contribution in [2.75, 3.05) is 18.1 Å². The van der Waals surface area contributed by atoms with E-state index in [2.05, 4.69) is 4.98 Å². The van der Waals surface area contributed by atoms with Gasteiger partial charge in [-0.1, -0.05) is 48.5 Å². The summed E-state index contributed by atoms with van der Waals surface area (Å²) in [7, 11) is 0. The van der Waals surface area contributed by atoms with Crippen LogP contribution >= 0.6 is 11.3 Å². The summed E-state index contributed by atoms with van der Waals surface area (Å²) in [5.41, 5.74) is 4.07. The van der Waals surface area contributed by atoms with Crippen LogP contribution in [0, 0.1) is 0 Å². The third-order valence-corrected chi connectivity index (χ3v) is 6.48. The Kier molecular flexibility index (Phi) is 5.22. The van der Waals surface area contributed by atoms with Gasteiger partial charge in [0.25, 0.3) is 5.91 Å². The van der Waals surface area contributed by atoms with Crippen molar-refractivity contribution in [2.24, 2.45) is 0 Å². The first-order valence-electron chi connectivity index (χ1n) is 10.2. The third kappa shape index (κ3) is 3.82. The molecule has 3 aromatic carbocycles. The second kappa shape index (κ2) is 8.32. The van der Waals surface area contributed by atoms with Gasteiger partial charge in [-0.05, 0) is 42.7 Å². The molecule has 0 N–H and O–H groups in total. The molecule has 1 amide bonds. The molecule has 2 heterocycles. The van der Waals surface area contributed by atoms with Gasteiger partial charge >= 0.3 is 5.97 Å². The summed E-state index contributed by atoms with van der Waals surface area (Å²) in [6.45, 7) is 0.344. The minimum absolute atomic E-state index is 0.210. The van der Waals surface area contributed by atoms with E-state index in [4.69, 9.17) is 4.74 Å². The quantitative estimate of drug-likeness (QED) is 0.424. The van der Waals surface area contributed by atoms with Crippen molar-refractivity contribution in [3.8, 4) is 10.6 Å². The van der Waals surface area contributed by atoms with Crippen molar-refractivity contribution in [1.29, 1.82) is 0 Å². The summed E-state index contributed by atoms with van der Waals surface area (Å²) < 4.78 is 6.50. The van der Waals surface area contributed by atoms with Crippen molar-refractivity contribution in [2.45, 2.75) is 12.8 Å². The smallest absolute Gasteiger partial charge is 0.339 e. The Balaban J connectivity index is 1.34. The Bertz CT molecular complexity index is 1250. The zero-order valence-electron chi connectivity index (χ0n) is 16.8. The number of aromatic nitrogens is 1. The van der Waals surface area contributed by atoms with Gasteiger partial charge in [0.05, 0.1) is 15.8 Å². The molecule has 0 saturated heterocycles. The monoisotopic (exact) mass is 428 g/mol. The number of thiazole rings is 1. The van der Waals surface area contributed by atoms with E-state index in [0.717, 1.165) is 39.3 Å². The largest absolute Gasteiger partial charge is 0.452 e. The van der Waals surface area contributed by atoms with Gasteiger partial charge in [-0.15, -0.1) is 11.3 Å². The van der Waals surface area contributed by atoms with Crippen LogP contribution in [0.5, 0.6) is 0 Å². The van der Waals surface area contributed by atoms with Crippen LogP contribution in [0.2, 0.25) is 0 Å². The number of carbonyl (C=O) groups is 2. The minimum atomic E-state index is -0.520. The van der Waals surface area contributed by atoms with E-state index in [1.54, 1.807) is 17.0 Å². The van der Waals surface area contributed by atoms with E-state index in [1.807, 2.05) is 60.7 Å². The fourth-order valence-electron chi connectivity index (χ4n) is 3.91. The van der Waals surface area contributed by atoms with Crippen molar-refractivity contribution in [1.82, 2.24) is 4.98 Å². The first-order valence-corrected chi connectivity index (χ1v) is 11.0. The molecule has 1 aliphatic heterocycles. The van der Waals surface area contributed by atoms with Crippen LogP contribution in [0.25, 0.3) is 20.8 Å². The van der Waals surface area contributed by atoms with E-state index in [1.165, 1.54) is 11.3 Å². The number of para-hydroxylation sites is 2. The van der Waals surface area contributed by atoms with Gasteiger partial charge in [0, 0.05) is 17.8 Å². The zero-order chi connectivity index (χ0) is 21.2. The maximum absolute atomic E-state index is 12.9. The van der Waals surface area contributed by atoms with Crippen molar-refractivity contribution >= 4 is 39.1 Å². The van der Waals surface area contributed by atoms with Crippen LogP contribution < -0.4 is 4.90 Å². The molecule has 0 unspecified atom stereocenters. The molecule has 0 radical (unpaired) electrons. The summed E-state index contributed by atoms with van der Waals surface area (Å²) in [5, 5.41) is 0.755. The van der Waals surface area contributed by atoms with Crippen LogP contribution in [0.3, 0.4) is 0 Å². The molecular weight excluding hydrogens is 408 g/mol. The fourth-order valence-corrected chi connectivity index (χ4v) is 4.92. The van der Waals surface area contributed by atoms with Gasteiger partial charge in [-0.2, -0.15) is 0 Å². The molecule has 5 nitrogen and oxygen atoms in total. The lowest BCUT2D eigenvalue weighted by Crippen LogP contribution is -2.38. The van der Waals surface area contributed by atoms with E-state index in [-0.39, 0.29) is 12.5 Å². The Morgan fingerprint density at radius 1 is 0.968 bits per heavy atom. The number of ether oxygens (including phenoxy) is 1. The highest BCUT2D eigenvalue weighted by Gasteiger charge is 2.24. The minimum Gasteiger partial charge on any atom is -0.452 e. The van der Waals surface area contributed by atoms with E-state index < -0.39 is 5.97 Å². The summed E-state index contributed by atoms with van der Waals surface area (Å²) >= 11 is 1.53. The predicted molar refractivity (Wildman–Crippen MR) is 122 cm³/mol. The molecule has 1 aromatic heterocycles. The predicted octanol–water partition coefficient (Wildman–Crippen LogP) is 5.10. The average molecular weight is 429 g/mol. The molecular formula is C25H20N2O3S. The number of amides is 1. The number of anilines is 1. The molecule has 31 heavy (non-hydrogen) atoms. The number of hydrogen-bond donors (Lipinski definition) is 0. The molecule has 0 saturated carbocycles. The maximum atomic E-state index is 12.9. The molecule has 1 aliphatic rings. The standard InChI is InChI=1S/C25H20N2O3S/c28-23(27-15-7-9-17-8-1-5-13-21(17)27)16-30-25(29)19-11-3-2-10-18(19)24-26-20-12-4-6-14-22(20)31-24/h1-6,8,10-14H,7,9,15-16H2.